The average Bonchev–Trinajstić information content (AvgIpc) is 2.81. The largest absolute Gasteiger partial charge is 0.389 e. The maximum atomic E-state index is 9.45. The number of pyridine rings is 1. The first-order chi connectivity index (χ1) is 9.22. The molecule has 1 aromatic carbocycles. The van der Waals surface area contributed by atoms with Crippen molar-refractivity contribution in [1.29, 1.82) is 0 Å². The Balaban J connectivity index is 1.84. The van der Waals surface area contributed by atoms with E-state index in [2.05, 4.69) is 28.2 Å². The molecule has 0 bridgehead atoms. The zero-order valence-corrected chi connectivity index (χ0v) is 11.3. The van der Waals surface area contributed by atoms with Crippen LogP contribution >= 0.6 is 11.8 Å². The normalized spacial score (nSPS) is 12.7. The van der Waals surface area contributed by atoms with Crippen molar-refractivity contribution in [3.05, 3.63) is 54.2 Å². The number of hydrogen-bond donors (Lipinski definition) is 2. The first kappa shape index (κ1) is 12.3. The Hall–Kier alpha value is -1.78. The molecule has 3 aromatic rings. The molecule has 0 saturated carbocycles. The monoisotopic (exact) mass is 270 g/mol. The molecule has 2 heterocycles. The van der Waals surface area contributed by atoms with E-state index in [1.54, 1.807) is 24.9 Å². The van der Waals surface area contributed by atoms with Crippen LogP contribution in [0.3, 0.4) is 0 Å². The Morgan fingerprint density at radius 2 is 2.05 bits per heavy atom. The minimum Gasteiger partial charge on any atom is -0.389 e. The van der Waals surface area contributed by atoms with Gasteiger partial charge in [0.05, 0.1) is 11.1 Å². The average molecular weight is 270 g/mol. The highest BCUT2D eigenvalue weighted by Gasteiger charge is 2.05. The molecular formula is C15H14N2OS. The summed E-state index contributed by atoms with van der Waals surface area (Å²) in [6.07, 6.45) is 1.25. The van der Waals surface area contributed by atoms with Crippen molar-refractivity contribution in [2.24, 2.45) is 0 Å². The van der Waals surface area contributed by atoms with Crippen LogP contribution in [-0.2, 0) is 0 Å². The lowest BCUT2D eigenvalue weighted by molar-refractivity contribution is 0.198. The number of fused-ring (bicyclic) bond motifs is 1. The second-order valence-corrected chi connectivity index (χ2v) is 5.49. The zero-order valence-electron chi connectivity index (χ0n) is 10.5. The molecule has 0 aliphatic rings. The second-order valence-electron chi connectivity index (χ2n) is 4.43. The van der Waals surface area contributed by atoms with Crippen molar-refractivity contribution in [2.45, 2.75) is 23.1 Å². The van der Waals surface area contributed by atoms with Crippen LogP contribution in [0.25, 0.3) is 10.9 Å². The highest BCUT2D eigenvalue weighted by atomic mass is 32.2. The summed E-state index contributed by atoms with van der Waals surface area (Å²) in [4.78, 5) is 7.70. The summed E-state index contributed by atoms with van der Waals surface area (Å²) in [6, 6.07) is 14.1. The molecule has 1 atom stereocenters. The number of nitrogens with one attached hydrogen (secondary N) is 1. The van der Waals surface area contributed by atoms with E-state index in [1.165, 1.54) is 5.39 Å². The fourth-order valence-corrected chi connectivity index (χ4v) is 2.73. The Morgan fingerprint density at radius 1 is 1.21 bits per heavy atom. The smallest absolute Gasteiger partial charge is 0.102 e. The van der Waals surface area contributed by atoms with Crippen LogP contribution in [0.5, 0.6) is 0 Å². The number of hydrogen-bond acceptors (Lipinski definition) is 3. The molecule has 1 unspecified atom stereocenters. The zero-order chi connectivity index (χ0) is 13.2. The maximum absolute atomic E-state index is 9.45. The number of benzene rings is 1. The molecule has 0 fully saturated rings. The number of aromatic amines is 1. The van der Waals surface area contributed by atoms with Gasteiger partial charge in [-0.15, -0.1) is 0 Å². The van der Waals surface area contributed by atoms with Crippen LogP contribution < -0.4 is 0 Å². The van der Waals surface area contributed by atoms with Gasteiger partial charge in [0.15, 0.2) is 0 Å². The first-order valence-electron chi connectivity index (χ1n) is 6.12. The number of aromatic nitrogens is 2. The van der Waals surface area contributed by atoms with E-state index in [-0.39, 0.29) is 0 Å². The standard InChI is InChI=1S/C15H14N2OS/c1-10(18)12-6-7-14(16-9-12)19-15-8-11-4-2-3-5-13(11)17-15/h2-10,17-18H,1H3. The van der Waals surface area contributed by atoms with Gasteiger partial charge in [-0.05, 0) is 30.7 Å². The van der Waals surface area contributed by atoms with Gasteiger partial charge in [-0.1, -0.05) is 36.0 Å². The molecule has 0 aliphatic carbocycles. The number of aliphatic hydroxyl groups excluding tert-OH is 1. The van der Waals surface area contributed by atoms with Crippen molar-refractivity contribution in [2.75, 3.05) is 0 Å². The van der Waals surface area contributed by atoms with Gasteiger partial charge in [-0.2, -0.15) is 0 Å². The van der Waals surface area contributed by atoms with Crippen LogP contribution in [0.4, 0.5) is 0 Å². The van der Waals surface area contributed by atoms with E-state index in [9.17, 15) is 5.11 Å². The summed E-state index contributed by atoms with van der Waals surface area (Å²) in [5, 5.41) is 12.6. The molecule has 0 radical (unpaired) electrons. The van der Waals surface area contributed by atoms with Crippen LogP contribution in [0.2, 0.25) is 0 Å². The Kier molecular flexibility index (Phi) is 3.27. The van der Waals surface area contributed by atoms with Crippen LogP contribution in [0, 0.1) is 0 Å². The minimum absolute atomic E-state index is 0.473. The first-order valence-corrected chi connectivity index (χ1v) is 6.93. The van der Waals surface area contributed by atoms with Crippen LogP contribution in [0.15, 0.2) is 58.7 Å². The van der Waals surface area contributed by atoms with Gasteiger partial charge >= 0.3 is 0 Å². The van der Waals surface area contributed by atoms with Gasteiger partial charge in [0.2, 0.25) is 0 Å². The molecule has 3 rings (SSSR count). The van der Waals surface area contributed by atoms with Gasteiger partial charge < -0.3 is 10.1 Å². The summed E-state index contributed by atoms with van der Waals surface area (Å²) in [5.41, 5.74) is 1.96. The fraction of sp³-hybridized carbons (Fsp3) is 0.133. The van der Waals surface area contributed by atoms with E-state index >= 15 is 0 Å². The molecule has 2 N–H and O–H groups in total. The van der Waals surface area contributed by atoms with E-state index < -0.39 is 6.10 Å². The third-order valence-corrected chi connectivity index (χ3v) is 3.85. The minimum atomic E-state index is -0.473. The van der Waals surface area contributed by atoms with Crippen LogP contribution in [0.1, 0.15) is 18.6 Å². The lowest BCUT2D eigenvalue weighted by Gasteiger charge is -2.04. The van der Waals surface area contributed by atoms with Gasteiger partial charge in [-0.3, -0.25) is 0 Å². The topological polar surface area (TPSA) is 48.9 Å². The van der Waals surface area contributed by atoms with Crippen molar-refractivity contribution >= 4 is 22.7 Å². The number of aliphatic hydroxyl groups is 1. The molecule has 2 aromatic heterocycles. The van der Waals surface area contributed by atoms with E-state index in [1.807, 2.05) is 24.3 Å². The highest BCUT2D eigenvalue weighted by Crippen LogP contribution is 2.28. The Labute approximate surface area is 115 Å². The number of para-hydroxylation sites is 1. The van der Waals surface area contributed by atoms with Crippen molar-refractivity contribution in [1.82, 2.24) is 9.97 Å². The van der Waals surface area contributed by atoms with E-state index in [4.69, 9.17) is 0 Å². The fourth-order valence-electron chi connectivity index (χ4n) is 1.91. The SMILES string of the molecule is CC(O)c1ccc(Sc2cc3ccccc3[nH]2)nc1. The second kappa shape index (κ2) is 5.07. The van der Waals surface area contributed by atoms with Gasteiger partial charge in [0, 0.05) is 17.1 Å². The van der Waals surface area contributed by atoms with Crippen LogP contribution in [-0.4, -0.2) is 15.1 Å². The lowest BCUT2D eigenvalue weighted by Crippen LogP contribution is -1.92. The number of rotatable bonds is 3. The number of H-pyrrole nitrogens is 1. The molecule has 0 spiro atoms. The summed E-state index contributed by atoms with van der Waals surface area (Å²) >= 11 is 1.59. The predicted octanol–water partition coefficient (Wildman–Crippen LogP) is 3.77. The molecular weight excluding hydrogens is 256 g/mol. The lowest BCUT2D eigenvalue weighted by atomic mass is 10.2. The van der Waals surface area contributed by atoms with Gasteiger partial charge in [0.25, 0.3) is 0 Å². The Morgan fingerprint density at radius 3 is 2.74 bits per heavy atom. The van der Waals surface area contributed by atoms with E-state index in [0.717, 1.165) is 21.1 Å². The summed E-state index contributed by atoms with van der Waals surface area (Å²) < 4.78 is 0. The third kappa shape index (κ3) is 2.64. The Bertz CT molecular complexity index is 656. The summed E-state index contributed by atoms with van der Waals surface area (Å²) in [7, 11) is 0. The molecule has 19 heavy (non-hydrogen) atoms. The van der Waals surface area contributed by atoms with Gasteiger partial charge in [-0.25, -0.2) is 4.98 Å². The van der Waals surface area contributed by atoms with E-state index in [0.29, 0.717) is 0 Å². The quantitative estimate of drug-likeness (QED) is 0.761. The molecule has 0 saturated heterocycles. The maximum Gasteiger partial charge on any atom is 0.102 e. The highest BCUT2D eigenvalue weighted by molar-refractivity contribution is 7.99. The van der Waals surface area contributed by atoms with Crippen molar-refractivity contribution < 1.29 is 5.11 Å². The third-order valence-electron chi connectivity index (χ3n) is 2.96. The number of nitrogens with zero attached hydrogens (tertiary/aromatic N) is 1. The van der Waals surface area contributed by atoms with Gasteiger partial charge in [0.1, 0.15) is 5.03 Å². The predicted molar refractivity (Wildman–Crippen MR) is 77.3 cm³/mol. The molecule has 3 nitrogen and oxygen atoms in total. The summed E-state index contributed by atoms with van der Waals surface area (Å²) in [5.74, 6) is 0. The van der Waals surface area contributed by atoms with Crippen molar-refractivity contribution in [3.63, 3.8) is 0 Å². The summed E-state index contributed by atoms with van der Waals surface area (Å²) in [6.45, 7) is 1.74. The van der Waals surface area contributed by atoms with Crippen molar-refractivity contribution in [3.8, 4) is 0 Å². The molecule has 96 valence electrons. The molecule has 4 heteroatoms. The molecule has 0 aliphatic heterocycles. The molecule has 0 amide bonds.